The Bertz CT molecular complexity index is 643. The van der Waals surface area contributed by atoms with Gasteiger partial charge in [0.25, 0.3) is 0 Å². The predicted octanol–water partition coefficient (Wildman–Crippen LogP) is -2.64. The third-order valence-electron chi connectivity index (χ3n) is 2.44. The zero-order valence-electron chi connectivity index (χ0n) is 13.0. The van der Waals surface area contributed by atoms with Gasteiger partial charge in [-0.1, -0.05) is 0 Å². The number of carboxylic acids is 4. The molecule has 2 aromatic heterocycles. The average Bonchev–Trinajstić information content (AvgIpc) is 2.55. The summed E-state index contributed by atoms with van der Waals surface area (Å²) < 4.78 is 0. The monoisotopic (exact) mass is 415 g/mol. The molecule has 11 nitrogen and oxygen atoms in total. The fraction of sp³-hybridized carbons (Fsp3) is 0. The van der Waals surface area contributed by atoms with E-state index in [9.17, 15) is 29.4 Å². The molecule has 0 saturated carbocycles. The van der Waals surface area contributed by atoms with E-state index in [1.807, 2.05) is 0 Å². The van der Waals surface area contributed by atoms with Crippen LogP contribution >= 0.6 is 0 Å². The number of carbonyl (C=O) groups is 4. The Morgan fingerprint density at radius 3 is 1.19 bits per heavy atom. The number of hydrogen-bond acceptors (Lipinski definition) is 8. The molecular weight excluding hydrogens is 406 g/mol. The number of carboxylic acid groups (broad SMARTS) is 4. The van der Waals surface area contributed by atoms with Gasteiger partial charge in [-0.25, -0.2) is 9.59 Å². The van der Waals surface area contributed by atoms with Gasteiger partial charge < -0.3 is 35.5 Å². The van der Waals surface area contributed by atoms with Crippen molar-refractivity contribution in [2.24, 2.45) is 0 Å². The van der Waals surface area contributed by atoms with Crippen molar-refractivity contribution in [3.63, 3.8) is 0 Å². The molecule has 132 valence electrons. The second-order valence-electron chi connectivity index (χ2n) is 4.05. The van der Waals surface area contributed by atoms with Gasteiger partial charge in [0.2, 0.25) is 0 Å². The van der Waals surface area contributed by atoms with E-state index in [2.05, 4.69) is 9.97 Å². The summed E-state index contributed by atoms with van der Waals surface area (Å²) in [6, 6.07) is 4.47. The smallest absolute Gasteiger partial charge is 0.543 e. The summed E-state index contributed by atoms with van der Waals surface area (Å²) >= 11 is 0. The van der Waals surface area contributed by atoms with Gasteiger partial charge in [-0.2, -0.15) is 0 Å². The van der Waals surface area contributed by atoms with Crippen LogP contribution < -0.4 is 10.2 Å². The molecule has 0 aliphatic rings. The van der Waals surface area contributed by atoms with Crippen LogP contribution in [0.25, 0.3) is 0 Å². The number of pyridine rings is 2. The summed E-state index contributed by atoms with van der Waals surface area (Å²) in [7, 11) is 0. The first-order valence-electron chi connectivity index (χ1n) is 6.03. The van der Waals surface area contributed by atoms with Crippen LogP contribution in [0.5, 0.6) is 0 Å². The summed E-state index contributed by atoms with van der Waals surface area (Å²) in [5.74, 6) is -5.14. The normalized spacial score (nSPS) is 8.62. The minimum absolute atomic E-state index is 0. The third-order valence-corrected chi connectivity index (χ3v) is 2.44. The van der Waals surface area contributed by atoms with Crippen molar-refractivity contribution < 1.29 is 64.6 Å². The molecule has 5 N–H and O–H groups in total. The number of carbonyl (C=O) groups excluding carboxylic acids is 2. The number of aromatic nitrogens is 2. The SMILES string of the molecule is O=C(O)c1ccc(C(=O)[O-])nc1.O=C(O)c1ccc(C(=O)[O-])nc1.[OH3+].[Zn+2]. The van der Waals surface area contributed by atoms with Crippen LogP contribution in [0.2, 0.25) is 0 Å². The van der Waals surface area contributed by atoms with Crippen molar-refractivity contribution in [1.82, 2.24) is 9.97 Å². The van der Waals surface area contributed by atoms with E-state index in [0.717, 1.165) is 36.7 Å². The summed E-state index contributed by atoms with van der Waals surface area (Å²) in [4.78, 5) is 47.6. The zero-order valence-corrected chi connectivity index (χ0v) is 16.0. The van der Waals surface area contributed by atoms with Crippen molar-refractivity contribution in [3.8, 4) is 0 Å². The van der Waals surface area contributed by atoms with Gasteiger partial charge in [0.15, 0.2) is 0 Å². The Kier molecular flexibility index (Phi) is 10.9. The van der Waals surface area contributed by atoms with Crippen molar-refractivity contribution in [3.05, 3.63) is 59.2 Å². The number of hydrogen-bond donors (Lipinski definition) is 2. The number of nitrogens with zero attached hydrogens (tertiary/aromatic N) is 2. The van der Waals surface area contributed by atoms with Gasteiger partial charge in [0.05, 0.1) is 34.5 Å². The van der Waals surface area contributed by atoms with Gasteiger partial charge in [0.1, 0.15) is 0 Å². The first-order chi connectivity index (χ1) is 11.2. The fourth-order valence-electron chi connectivity index (χ4n) is 1.28. The molecule has 26 heavy (non-hydrogen) atoms. The molecular formula is C14H11N2O9Zn+. The molecule has 2 rings (SSSR count). The second-order valence-corrected chi connectivity index (χ2v) is 4.05. The molecule has 0 saturated heterocycles. The molecule has 0 aliphatic heterocycles. The predicted molar refractivity (Wildman–Crippen MR) is 75.9 cm³/mol. The average molecular weight is 417 g/mol. The maximum Gasteiger partial charge on any atom is 2.00 e. The summed E-state index contributed by atoms with van der Waals surface area (Å²) in [5.41, 5.74) is -0.667. The molecule has 0 amide bonds. The molecule has 0 fully saturated rings. The minimum Gasteiger partial charge on any atom is -0.543 e. The summed E-state index contributed by atoms with van der Waals surface area (Å²) in [6.07, 6.45) is 1.93. The maximum atomic E-state index is 10.3. The summed E-state index contributed by atoms with van der Waals surface area (Å²) in [6.45, 7) is 0. The van der Waals surface area contributed by atoms with Crippen LogP contribution in [0.4, 0.5) is 0 Å². The third kappa shape index (κ3) is 7.56. The van der Waals surface area contributed by atoms with Gasteiger partial charge >= 0.3 is 31.4 Å². The van der Waals surface area contributed by atoms with Gasteiger partial charge in [-0.05, 0) is 24.3 Å². The number of rotatable bonds is 4. The van der Waals surface area contributed by atoms with Crippen LogP contribution in [0.1, 0.15) is 41.7 Å². The van der Waals surface area contributed by atoms with E-state index in [-0.39, 0.29) is 47.5 Å². The van der Waals surface area contributed by atoms with Gasteiger partial charge in [0, 0.05) is 12.4 Å². The summed E-state index contributed by atoms with van der Waals surface area (Å²) in [5, 5.41) is 37.1. The van der Waals surface area contributed by atoms with Crippen LogP contribution in [-0.2, 0) is 25.0 Å². The Hall–Kier alpha value is -3.24. The standard InChI is InChI=1S/2C7H5NO4.H2O.Zn/c2*9-6(10)4-1-2-5(7(11)12)8-3-4;;/h2*1-3H,(H,9,10)(H,11,12);1H2;/q;;;+2/p-1. The molecule has 0 radical (unpaired) electrons. The van der Waals surface area contributed by atoms with E-state index in [4.69, 9.17) is 10.2 Å². The molecule has 0 aromatic carbocycles. The van der Waals surface area contributed by atoms with Crippen molar-refractivity contribution in [1.29, 1.82) is 0 Å². The Morgan fingerprint density at radius 2 is 1.04 bits per heavy atom. The molecule has 0 spiro atoms. The Balaban J connectivity index is 0. The molecule has 12 heteroatoms. The van der Waals surface area contributed by atoms with Crippen molar-refractivity contribution >= 4 is 23.9 Å². The topological polar surface area (TPSA) is 214 Å². The van der Waals surface area contributed by atoms with Crippen LogP contribution in [-0.4, -0.2) is 44.1 Å². The molecule has 2 heterocycles. The van der Waals surface area contributed by atoms with Gasteiger partial charge in [-0.15, -0.1) is 0 Å². The van der Waals surface area contributed by atoms with E-state index >= 15 is 0 Å². The zero-order chi connectivity index (χ0) is 18.3. The van der Waals surface area contributed by atoms with Crippen LogP contribution in [0.3, 0.4) is 0 Å². The quantitative estimate of drug-likeness (QED) is 0.390. The first-order valence-corrected chi connectivity index (χ1v) is 6.03. The van der Waals surface area contributed by atoms with Gasteiger partial charge in [-0.3, -0.25) is 9.97 Å². The molecule has 0 unspecified atom stereocenters. The second kappa shape index (κ2) is 11.3. The maximum absolute atomic E-state index is 10.3. The number of aromatic carboxylic acids is 4. The molecule has 0 atom stereocenters. The fourth-order valence-corrected chi connectivity index (χ4v) is 1.28. The van der Waals surface area contributed by atoms with Crippen molar-refractivity contribution in [2.75, 3.05) is 0 Å². The van der Waals surface area contributed by atoms with Crippen LogP contribution in [0, 0.1) is 0 Å². The minimum atomic E-state index is -1.42. The molecule has 2 aromatic rings. The largest absolute Gasteiger partial charge is 2.00 e. The van der Waals surface area contributed by atoms with E-state index in [1.54, 1.807) is 0 Å². The van der Waals surface area contributed by atoms with Crippen LogP contribution in [0.15, 0.2) is 36.7 Å². The van der Waals surface area contributed by atoms with E-state index in [0.29, 0.717) is 0 Å². The molecule has 0 bridgehead atoms. The van der Waals surface area contributed by atoms with Crippen molar-refractivity contribution in [2.45, 2.75) is 0 Å². The molecule has 0 aliphatic carbocycles. The first kappa shape index (κ1) is 25.0. The Morgan fingerprint density at radius 1 is 0.731 bits per heavy atom. The van der Waals surface area contributed by atoms with E-state index < -0.39 is 23.9 Å². The Labute approximate surface area is 158 Å². The van der Waals surface area contributed by atoms with E-state index in [1.165, 1.54) is 0 Å².